The van der Waals surface area contributed by atoms with E-state index in [1.165, 1.54) is 0 Å². The average molecular weight is 206 g/mol. The van der Waals surface area contributed by atoms with E-state index in [-0.39, 0.29) is 11.6 Å². The summed E-state index contributed by atoms with van der Waals surface area (Å²) in [5.41, 5.74) is 7.16. The molecule has 0 aromatic carbocycles. The van der Waals surface area contributed by atoms with Crippen molar-refractivity contribution in [3.63, 3.8) is 0 Å². The van der Waals surface area contributed by atoms with Gasteiger partial charge in [0.15, 0.2) is 5.69 Å². The number of hydrogen-bond acceptors (Lipinski definition) is 3. The lowest BCUT2D eigenvalue weighted by atomic mass is 10.2. The molecule has 5 heteroatoms. The van der Waals surface area contributed by atoms with Crippen LogP contribution in [0.3, 0.4) is 0 Å². The number of aromatic amines is 1. The monoisotopic (exact) mass is 206 g/mol. The van der Waals surface area contributed by atoms with Crippen LogP contribution in [-0.2, 0) is 6.42 Å². The van der Waals surface area contributed by atoms with Crippen molar-refractivity contribution in [2.45, 2.75) is 20.3 Å². The van der Waals surface area contributed by atoms with Gasteiger partial charge in [-0.25, -0.2) is 0 Å². The first kappa shape index (κ1) is 11.1. The highest BCUT2D eigenvalue weighted by Gasteiger charge is 2.15. The molecule has 5 nitrogen and oxygen atoms in total. The van der Waals surface area contributed by atoms with Crippen LogP contribution in [0.25, 0.3) is 0 Å². The van der Waals surface area contributed by atoms with E-state index in [0.29, 0.717) is 12.2 Å². The second kappa shape index (κ2) is 5.05. The molecule has 0 radical (unpaired) electrons. The SMILES string of the molecule is CC#CCNC(=O)c1n[nH]c(CC)c1N. The highest BCUT2D eigenvalue weighted by atomic mass is 16.1. The Labute approximate surface area is 88.4 Å². The van der Waals surface area contributed by atoms with Crippen LogP contribution in [0, 0.1) is 11.8 Å². The van der Waals surface area contributed by atoms with E-state index in [1.54, 1.807) is 6.92 Å². The molecule has 15 heavy (non-hydrogen) atoms. The van der Waals surface area contributed by atoms with Crippen molar-refractivity contribution in [2.24, 2.45) is 0 Å². The summed E-state index contributed by atoms with van der Waals surface area (Å²) in [7, 11) is 0. The number of nitrogens with zero attached hydrogens (tertiary/aromatic N) is 1. The highest BCUT2D eigenvalue weighted by molar-refractivity contribution is 5.97. The fourth-order valence-corrected chi connectivity index (χ4v) is 1.13. The van der Waals surface area contributed by atoms with Crippen LogP contribution in [0.2, 0.25) is 0 Å². The molecule has 0 spiro atoms. The molecule has 0 aliphatic heterocycles. The minimum atomic E-state index is -0.300. The van der Waals surface area contributed by atoms with Gasteiger partial charge in [0.2, 0.25) is 0 Å². The number of rotatable bonds is 3. The van der Waals surface area contributed by atoms with Gasteiger partial charge in [-0.3, -0.25) is 9.89 Å². The van der Waals surface area contributed by atoms with E-state index in [1.807, 2.05) is 6.92 Å². The summed E-state index contributed by atoms with van der Waals surface area (Å²) >= 11 is 0. The Morgan fingerprint density at radius 3 is 2.93 bits per heavy atom. The van der Waals surface area contributed by atoms with Crippen LogP contribution in [0.1, 0.15) is 30.0 Å². The molecule has 4 N–H and O–H groups in total. The lowest BCUT2D eigenvalue weighted by molar-refractivity contribution is 0.0954. The molecule has 0 saturated carbocycles. The quantitative estimate of drug-likeness (QED) is 0.622. The number of aromatic nitrogens is 2. The minimum Gasteiger partial charge on any atom is -0.395 e. The maximum Gasteiger partial charge on any atom is 0.274 e. The number of carbonyl (C=O) groups is 1. The van der Waals surface area contributed by atoms with Crippen LogP contribution < -0.4 is 11.1 Å². The Morgan fingerprint density at radius 2 is 2.40 bits per heavy atom. The molecule has 1 amide bonds. The Morgan fingerprint density at radius 1 is 1.67 bits per heavy atom. The fourth-order valence-electron chi connectivity index (χ4n) is 1.13. The Hall–Kier alpha value is -1.96. The molecule has 0 unspecified atom stereocenters. The summed E-state index contributed by atoms with van der Waals surface area (Å²) < 4.78 is 0. The molecule has 0 atom stereocenters. The number of amides is 1. The predicted octanol–water partition coefficient (Wildman–Crippen LogP) is 0.307. The van der Waals surface area contributed by atoms with Gasteiger partial charge in [0, 0.05) is 0 Å². The smallest absolute Gasteiger partial charge is 0.274 e. The second-order valence-electron chi connectivity index (χ2n) is 2.93. The summed E-state index contributed by atoms with van der Waals surface area (Å²) in [6.07, 6.45) is 0.723. The van der Waals surface area contributed by atoms with Crippen molar-refractivity contribution < 1.29 is 4.79 Å². The van der Waals surface area contributed by atoms with Crippen LogP contribution in [0.5, 0.6) is 0 Å². The van der Waals surface area contributed by atoms with Gasteiger partial charge in [-0.2, -0.15) is 5.10 Å². The molecule has 0 aliphatic carbocycles. The number of nitrogens with two attached hydrogens (primary N) is 1. The largest absolute Gasteiger partial charge is 0.395 e. The maximum atomic E-state index is 11.5. The van der Waals surface area contributed by atoms with Crippen LogP contribution in [-0.4, -0.2) is 22.6 Å². The zero-order valence-electron chi connectivity index (χ0n) is 8.85. The van der Waals surface area contributed by atoms with Crippen molar-refractivity contribution >= 4 is 11.6 Å². The number of carbonyl (C=O) groups excluding carboxylic acids is 1. The van der Waals surface area contributed by atoms with Crippen molar-refractivity contribution in [1.82, 2.24) is 15.5 Å². The molecule has 80 valence electrons. The van der Waals surface area contributed by atoms with Crippen molar-refractivity contribution in [1.29, 1.82) is 0 Å². The molecule has 1 rings (SSSR count). The summed E-state index contributed by atoms with van der Waals surface area (Å²) in [6.45, 7) is 3.96. The summed E-state index contributed by atoms with van der Waals surface area (Å²) in [5.74, 6) is 5.11. The third-order valence-corrected chi connectivity index (χ3v) is 1.97. The van der Waals surface area contributed by atoms with E-state index in [4.69, 9.17) is 5.73 Å². The first-order valence-corrected chi connectivity index (χ1v) is 4.71. The Bertz CT molecular complexity index is 411. The first-order valence-electron chi connectivity index (χ1n) is 4.71. The second-order valence-corrected chi connectivity index (χ2v) is 2.93. The van der Waals surface area contributed by atoms with Gasteiger partial charge in [-0.15, -0.1) is 5.92 Å². The first-order chi connectivity index (χ1) is 7.20. The van der Waals surface area contributed by atoms with Crippen molar-refractivity contribution in [3.8, 4) is 11.8 Å². The molecule has 1 heterocycles. The average Bonchev–Trinajstić information content (AvgIpc) is 2.60. The third kappa shape index (κ3) is 2.50. The van der Waals surface area contributed by atoms with Crippen molar-refractivity contribution in [2.75, 3.05) is 12.3 Å². The number of nitrogen functional groups attached to an aromatic ring is 1. The number of nitrogens with one attached hydrogen (secondary N) is 2. The lowest BCUT2D eigenvalue weighted by Crippen LogP contribution is -2.24. The zero-order chi connectivity index (χ0) is 11.3. The summed E-state index contributed by atoms with van der Waals surface area (Å²) in [6, 6.07) is 0. The van der Waals surface area contributed by atoms with Gasteiger partial charge in [0.05, 0.1) is 17.9 Å². The van der Waals surface area contributed by atoms with E-state index in [2.05, 4.69) is 27.4 Å². The van der Waals surface area contributed by atoms with Gasteiger partial charge in [0.25, 0.3) is 5.91 Å². The van der Waals surface area contributed by atoms with Crippen LogP contribution in [0.4, 0.5) is 5.69 Å². The molecular weight excluding hydrogens is 192 g/mol. The van der Waals surface area contributed by atoms with E-state index in [9.17, 15) is 4.79 Å². The van der Waals surface area contributed by atoms with Gasteiger partial charge < -0.3 is 11.1 Å². The molecule has 0 aliphatic rings. The topological polar surface area (TPSA) is 83.8 Å². The lowest BCUT2D eigenvalue weighted by Gasteiger charge is -1.98. The van der Waals surface area contributed by atoms with Gasteiger partial charge in [0.1, 0.15) is 0 Å². The Kier molecular flexibility index (Phi) is 3.75. The van der Waals surface area contributed by atoms with Crippen LogP contribution in [0.15, 0.2) is 0 Å². The standard InChI is InChI=1S/C10H14N4O/c1-3-5-6-12-10(15)9-8(11)7(4-2)13-14-9/h4,6,11H2,1-2H3,(H,12,15)(H,13,14). The molecule has 1 aromatic heterocycles. The van der Waals surface area contributed by atoms with Gasteiger partial charge in [-0.1, -0.05) is 12.8 Å². The molecule has 0 bridgehead atoms. The third-order valence-electron chi connectivity index (χ3n) is 1.97. The van der Waals surface area contributed by atoms with E-state index < -0.39 is 0 Å². The molecule has 0 saturated heterocycles. The fraction of sp³-hybridized carbons (Fsp3) is 0.400. The molecular formula is C10H14N4O. The Balaban J connectivity index is 2.72. The zero-order valence-corrected chi connectivity index (χ0v) is 8.85. The maximum absolute atomic E-state index is 11.5. The summed E-state index contributed by atoms with van der Waals surface area (Å²) in [4.78, 5) is 11.5. The molecule has 1 aromatic rings. The van der Waals surface area contributed by atoms with Gasteiger partial charge >= 0.3 is 0 Å². The highest BCUT2D eigenvalue weighted by Crippen LogP contribution is 2.13. The molecule has 0 fully saturated rings. The van der Waals surface area contributed by atoms with Crippen molar-refractivity contribution in [3.05, 3.63) is 11.4 Å². The van der Waals surface area contributed by atoms with E-state index in [0.717, 1.165) is 12.1 Å². The number of hydrogen-bond donors (Lipinski definition) is 3. The van der Waals surface area contributed by atoms with Gasteiger partial charge in [-0.05, 0) is 13.3 Å². The number of aryl methyl sites for hydroxylation is 1. The normalized spacial score (nSPS) is 9.20. The number of H-pyrrole nitrogens is 1. The summed E-state index contributed by atoms with van der Waals surface area (Å²) in [5, 5.41) is 9.18. The predicted molar refractivity (Wildman–Crippen MR) is 58.2 cm³/mol. The van der Waals surface area contributed by atoms with Crippen LogP contribution >= 0.6 is 0 Å². The van der Waals surface area contributed by atoms with E-state index >= 15 is 0 Å². The number of anilines is 1. The minimum absolute atomic E-state index is 0.241.